The van der Waals surface area contributed by atoms with E-state index in [0.717, 1.165) is 285 Å². The van der Waals surface area contributed by atoms with E-state index in [4.69, 9.17) is 40.5 Å². The van der Waals surface area contributed by atoms with Crippen molar-refractivity contribution in [3.63, 3.8) is 0 Å². The summed E-state index contributed by atoms with van der Waals surface area (Å²) in [5.41, 5.74) is 21.6. The van der Waals surface area contributed by atoms with Crippen LogP contribution >= 0.6 is 11.6 Å². The summed E-state index contributed by atoms with van der Waals surface area (Å²) in [6, 6.07) is 21.9. The molecule has 23 nitrogen and oxygen atoms in total. The van der Waals surface area contributed by atoms with Gasteiger partial charge in [0.1, 0.15) is 28.7 Å². The largest absolute Gasteiger partial charge is 0.573 e. The highest BCUT2D eigenvalue weighted by Gasteiger charge is 2.35. The third-order valence-electron chi connectivity index (χ3n) is 31.3. The van der Waals surface area contributed by atoms with Crippen LogP contribution in [0.4, 0.5) is 13.2 Å². The van der Waals surface area contributed by atoms with Gasteiger partial charge in [0.05, 0.1) is 45.4 Å². The molecule has 778 valence electrons. The van der Waals surface area contributed by atoms with Crippen molar-refractivity contribution in [2.75, 3.05) is 107 Å². The molecule has 5 aliphatic rings. The first-order chi connectivity index (χ1) is 67.7. The molecule has 0 bridgehead atoms. The Kier molecular flexibility index (Phi) is 39.9. The molecule has 143 heavy (non-hydrogen) atoms. The molecule has 10 aromatic rings. The SMILES string of the molecule is COc1cc(-c2cc(C)c(=O)n(C)c2)cc(OC)c1CN1CCN(C(C)C)CC1.COc1cc(-c2cn(C)c(=O)c(C)c2C)cc(Cl)c1CN1CCC(C(C)C)CC1.COc1cc(-c2cn(C)c(=O)c(C)c2C)cnc1CN1CCC(C(C)C)CC1.Cc1c(-c2ccc(CN3CCC(C(C)C)CC3)c(OC(F)(F)F)c2)cn(C)c(=O)c1C.Cc1c(-c2ccc(CN3CCC(C(C)C)CC3)nc2)cn(C)c(=O)c1C. The fraction of sp³-hybridized carbons (Fsp3) is 0.543. The van der Waals surface area contributed by atoms with Gasteiger partial charge in [-0.15, -0.1) is 13.2 Å². The van der Waals surface area contributed by atoms with Crippen LogP contribution in [-0.4, -0.2) is 182 Å². The molecule has 0 radical (unpaired) electrons. The number of hydrogen-bond acceptors (Lipinski definition) is 18. The number of alkyl halides is 3. The summed E-state index contributed by atoms with van der Waals surface area (Å²) >= 11 is 6.75. The van der Waals surface area contributed by atoms with Crippen molar-refractivity contribution in [1.29, 1.82) is 0 Å². The minimum absolute atomic E-state index is 0.0184. The Morgan fingerprint density at radius 3 is 1.08 bits per heavy atom. The van der Waals surface area contributed by atoms with Crippen LogP contribution < -0.4 is 51.5 Å². The Balaban J connectivity index is 0.000000171. The van der Waals surface area contributed by atoms with Gasteiger partial charge in [-0.25, -0.2) is 0 Å². The Bertz CT molecular complexity index is 6260. The highest BCUT2D eigenvalue weighted by molar-refractivity contribution is 6.32. The van der Waals surface area contributed by atoms with Crippen molar-refractivity contribution in [3.05, 3.63) is 245 Å². The van der Waals surface area contributed by atoms with Gasteiger partial charge < -0.3 is 46.5 Å². The predicted molar refractivity (Wildman–Crippen MR) is 575 cm³/mol. The van der Waals surface area contributed by atoms with Crippen LogP contribution in [0.1, 0.15) is 199 Å². The minimum atomic E-state index is -4.77. The van der Waals surface area contributed by atoms with Crippen LogP contribution in [0.25, 0.3) is 55.6 Å². The van der Waals surface area contributed by atoms with E-state index in [2.05, 4.69) is 122 Å². The zero-order valence-electron chi connectivity index (χ0n) is 90.7. The second-order valence-electron chi connectivity index (χ2n) is 42.3. The molecular weight excluding hydrogens is 1830 g/mol. The normalized spacial score (nSPS) is 16.0. The lowest BCUT2D eigenvalue weighted by Gasteiger charge is -2.37. The average molecular weight is 1990 g/mol. The summed E-state index contributed by atoms with van der Waals surface area (Å²) in [7, 11) is 15.6. The standard InChI is InChI=1S/C24H33ClN2O2.C24H31F3N2O2.C23H33N3O3.C23H33N3O2.C22H31N3O/c1-15(2)18-7-9-27(10-8-18)14-21-22(25)11-19(12-23(21)29-6)20-13-26(5)24(28)17(4)16(20)3;1-15(2)18-8-10-29(11-9-18)13-20-7-6-19(12-22(20)31-24(25,26)27)21-14-28(5)23(30)17(4)16(21)3;1-16(2)26-9-7-25(8-10-26)15-20-21(28-5)12-18(13-22(20)29-6)19-11-17(3)23(27)24(4)14-19;1-15(2)18-7-9-26(10-8-18)14-21-22(28-6)11-19(12-24-21)20-13-25(5)23(27)17(4)16(20)3;1-15(2)18-8-10-25(11-9-18)13-20-7-6-19(12-23-20)21-14-24(5)22(26)17(4)16(21)3/h11-13,15,18H,7-10,14H2,1-6H3;6-7,12,14-15,18H,8-11,13H2,1-5H3;11-14,16H,7-10,15H2,1-6H3;11-13,15,18H,7-10,14H2,1-6H3;6-7,12,14-15,18H,8-11,13H2,1-5H3. The van der Waals surface area contributed by atoms with Gasteiger partial charge >= 0.3 is 6.36 Å². The van der Waals surface area contributed by atoms with Gasteiger partial charge in [0.25, 0.3) is 27.8 Å². The second-order valence-corrected chi connectivity index (χ2v) is 42.7. The molecule has 0 unspecified atom stereocenters. The number of likely N-dealkylation sites (tertiary alicyclic amines) is 4. The predicted octanol–water partition coefficient (Wildman–Crippen LogP) is 21.4. The minimum Gasteiger partial charge on any atom is -0.496 e. The summed E-state index contributed by atoms with van der Waals surface area (Å²) < 4.78 is 74.8. The van der Waals surface area contributed by atoms with Gasteiger partial charge in [-0.1, -0.05) is 85.2 Å². The first kappa shape index (κ1) is 113. The first-order valence-electron chi connectivity index (χ1n) is 51.4. The summed E-state index contributed by atoms with van der Waals surface area (Å²) in [5, 5.41) is 0.719. The summed E-state index contributed by atoms with van der Waals surface area (Å²) in [4.78, 5) is 84.7. The van der Waals surface area contributed by atoms with E-state index in [9.17, 15) is 37.1 Å². The second kappa shape index (κ2) is 50.6. The highest BCUT2D eigenvalue weighted by atomic mass is 35.5. The molecule has 0 N–H and O–H groups in total. The quantitative estimate of drug-likeness (QED) is 0.0522. The zero-order valence-corrected chi connectivity index (χ0v) is 91.4. The number of aryl methyl sites for hydroxylation is 6. The third-order valence-corrected chi connectivity index (χ3v) is 31.6. The fourth-order valence-electron chi connectivity index (χ4n) is 20.9. The molecule has 0 saturated carbocycles. The molecule has 0 atom stereocenters. The number of ether oxygens (including phenoxy) is 5. The molecule has 27 heteroatoms. The van der Waals surface area contributed by atoms with Crippen molar-refractivity contribution in [1.82, 2.24) is 62.2 Å². The maximum atomic E-state index is 13.2. The zero-order chi connectivity index (χ0) is 105. The smallest absolute Gasteiger partial charge is 0.496 e. The van der Waals surface area contributed by atoms with E-state index in [1.54, 1.807) is 101 Å². The van der Waals surface area contributed by atoms with Gasteiger partial charge in [0.15, 0.2) is 0 Å². The van der Waals surface area contributed by atoms with Crippen LogP contribution in [0.2, 0.25) is 5.02 Å². The molecule has 0 amide bonds. The number of hydrogen-bond donors (Lipinski definition) is 0. The first-order valence-corrected chi connectivity index (χ1v) is 51.8. The number of piperazine rings is 1. The number of rotatable bonds is 25. The molecule has 7 aromatic heterocycles. The van der Waals surface area contributed by atoms with E-state index in [0.29, 0.717) is 41.1 Å². The topological polar surface area (TPSA) is 201 Å². The van der Waals surface area contributed by atoms with E-state index in [1.807, 2.05) is 129 Å². The third kappa shape index (κ3) is 28.9. The van der Waals surface area contributed by atoms with E-state index >= 15 is 0 Å². The number of benzene rings is 3. The Hall–Kier alpha value is -10.5. The molecule has 5 fully saturated rings. The number of nitrogens with zero attached hydrogens (tertiary/aromatic N) is 13. The molecule has 15 rings (SSSR count). The van der Waals surface area contributed by atoms with Crippen molar-refractivity contribution in [2.24, 2.45) is 82.6 Å². The molecule has 12 heterocycles. The molecule has 0 aliphatic carbocycles. The lowest BCUT2D eigenvalue weighted by molar-refractivity contribution is -0.275. The van der Waals surface area contributed by atoms with Gasteiger partial charge in [0.2, 0.25) is 0 Å². The molecule has 5 saturated heterocycles. The van der Waals surface area contributed by atoms with Crippen LogP contribution in [0.5, 0.6) is 28.7 Å². The summed E-state index contributed by atoms with van der Waals surface area (Å²) in [6.07, 6.45) is 18.0. The molecule has 0 spiro atoms. The number of pyridine rings is 7. The average Bonchev–Trinajstić information content (AvgIpc) is 0.775. The van der Waals surface area contributed by atoms with Crippen molar-refractivity contribution in [2.45, 2.75) is 228 Å². The molecular formula is C116H161ClF3N13O10. The number of methoxy groups -OCH3 is 4. The van der Waals surface area contributed by atoms with E-state index < -0.39 is 6.36 Å². The summed E-state index contributed by atoms with van der Waals surface area (Å²) in [6.45, 7) is 56.4. The van der Waals surface area contributed by atoms with Crippen LogP contribution in [0, 0.1) is 110 Å². The summed E-state index contributed by atoms with van der Waals surface area (Å²) in [5.74, 6) is 9.21. The Morgan fingerprint density at radius 2 is 0.685 bits per heavy atom. The van der Waals surface area contributed by atoms with Gasteiger partial charge in [-0.05, 0) is 320 Å². The van der Waals surface area contributed by atoms with Gasteiger partial charge in [-0.3, -0.25) is 63.3 Å². The lowest BCUT2D eigenvalue weighted by atomic mass is 9.86. The Labute approximate surface area is 852 Å². The number of piperidine rings is 4. The van der Waals surface area contributed by atoms with Crippen LogP contribution in [0.3, 0.4) is 0 Å². The fourth-order valence-corrected chi connectivity index (χ4v) is 21.1. The van der Waals surface area contributed by atoms with Gasteiger partial charge in [-0.2, -0.15) is 0 Å². The van der Waals surface area contributed by atoms with Crippen LogP contribution in [-0.2, 0) is 68.0 Å². The van der Waals surface area contributed by atoms with Gasteiger partial charge in [0, 0.05) is 221 Å². The van der Waals surface area contributed by atoms with E-state index in [-0.39, 0.29) is 33.5 Å². The number of halogens is 4. The monoisotopic (exact) mass is 1990 g/mol. The lowest BCUT2D eigenvalue weighted by Crippen LogP contribution is -2.48. The number of aromatic nitrogens is 7. The highest BCUT2D eigenvalue weighted by Crippen LogP contribution is 2.42. The van der Waals surface area contributed by atoms with Crippen molar-refractivity contribution >= 4 is 11.6 Å². The maximum Gasteiger partial charge on any atom is 0.573 e. The van der Waals surface area contributed by atoms with Crippen molar-refractivity contribution < 1.29 is 36.9 Å². The van der Waals surface area contributed by atoms with E-state index in [1.165, 1.54) is 62.2 Å². The van der Waals surface area contributed by atoms with Crippen LogP contribution in [0.15, 0.2) is 134 Å². The molecule has 3 aromatic carbocycles. The Morgan fingerprint density at radius 1 is 0.343 bits per heavy atom. The molecule has 5 aliphatic heterocycles. The maximum absolute atomic E-state index is 13.2. The van der Waals surface area contributed by atoms with Crippen molar-refractivity contribution in [3.8, 4) is 84.4 Å².